The number of carbonyl (C=O) groups is 1. The molecule has 80 valence electrons. The molecule has 1 heterocycles. The lowest BCUT2D eigenvalue weighted by Crippen LogP contribution is -2.60. The second-order valence-corrected chi connectivity index (χ2v) is 3.56. The van der Waals surface area contributed by atoms with E-state index in [1.807, 2.05) is 0 Å². The molecule has 1 unspecified atom stereocenters. The van der Waals surface area contributed by atoms with Crippen LogP contribution in [0.2, 0.25) is 0 Å². The van der Waals surface area contributed by atoms with Gasteiger partial charge in [0.25, 0.3) is 0 Å². The molecule has 0 bridgehead atoms. The molecule has 2 N–H and O–H groups in total. The van der Waals surface area contributed by atoms with Crippen molar-refractivity contribution in [3.8, 4) is 0 Å². The Morgan fingerprint density at radius 2 is 2.20 bits per heavy atom. The van der Waals surface area contributed by atoms with Gasteiger partial charge in [-0.25, -0.2) is 8.78 Å². The maximum Gasteiger partial charge on any atom is 0.241 e. The Morgan fingerprint density at radius 3 is 2.73 bits per heavy atom. The molecule has 1 aromatic rings. The minimum atomic E-state index is -0.636. The molecule has 1 aliphatic rings. The van der Waals surface area contributed by atoms with Gasteiger partial charge in [0, 0.05) is 24.7 Å². The predicted molar refractivity (Wildman–Crippen MR) is 49.8 cm³/mol. The summed E-state index contributed by atoms with van der Waals surface area (Å²) in [4.78, 5) is 12.6. The van der Waals surface area contributed by atoms with Gasteiger partial charge in [-0.15, -0.1) is 0 Å². The number of rotatable bonds is 2. The Labute approximate surface area is 85.5 Å². The molecule has 1 aromatic carbocycles. The minimum absolute atomic E-state index is 0.151. The van der Waals surface area contributed by atoms with Crippen molar-refractivity contribution in [2.45, 2.75) is 12.6 Å². The topological polar surface area (TPSA) is 46.3 Å². The highest BCUT2D eigenvalue weighted by Crippen LogP contribution is 2.16. The number of nitrogens with two attached hydrogens (primary N) is 1. The van der Waals surface area contributed by atoms with E-state index < -0.39 is 17.7 Å². The lowest BCUT2D eigenvalue weighted by Gasteiger charge is -2.36. The van der Waals surface area contributed by atoms with E-state index in [1.54, 1.807) is 0 Å². The largest absolute Gasteiger partial charge is 0.335 e. The van der Waals surface area contributed by atoms with Crippen LogP contribution in [0.25, 0.3) is 0 Å². The molecule has 1 atom stereocenters. The summed E-state index contributed by atoms with van der Waals surface area (Å²) >= 11 is 0. The van der Waals surface area contributed by atoms with Gasteiger partial charge >= 0.3 is 0 Å². The molecule has 1 amide bonds. The molecule has 15 heavy (non-hydrogen) atoms. The van der Waals surface area contributed by atoms with Gasteiger partial charge in [0.05, 0.1) is 0 Å². The van der Waals surface area contributed by atoms with E-state index in [0.717, 1.165) is 6.07 Å². The zero-order valence-electron chi connectivity index (χ0n) is 7.91. The van der Waals surface area contributed by atoms with Crippen molar-refractivity contribution in [3.63, 3.8) is 0 Å². The molecule has 0 saturated carbocycles. The van der Waals surface area contributed by atoms with E-state index in [-0.39, 0.29) is 12.5 Å². The van der Waals surface area contributed by atoms with Gasteiger partial charge in [0.1, 0.15) is 17.7 Å². The number of benzene rings is 1. The van der Waals surface area contributed by atoms with Gasteiger partial charge in [-0.1, -0.05) is 6.07 Å². The lowest BCUT2D eigenvalue weighted by atomic mass is 10.1. The second-order valence-electron chi connectivity index (χ2n) is 3.56. The van der Waals surface area contributed by atoms with Crippen molar-refractivity contribution in [1.82, 2.24) is 4.90 Å². The first-order valence-corrected chi connectivity index (χ1v) is 4.56. The molecular weight excluding hydrogens is 202 g/mol. The number of hydrogen-bond acceptors (Lipinski definition) is 2. The summed E-state index contributed by atoms with van der Waals surface area (Å²) in [5, 5.41) is 0. The maximum absolute atomic E-state index is 13.2. The molecular formula is C10H10F2N2O. The fourth-order valence-corrected chi connectivity index (χ4v) is 1.53. The van der Waals surface area contributed by atoms with Gasteiger partial charge < -0.3 is 10.6 Å². The first-order valence-electron chi connectivity index (χ1n) is 4.56. The molecule has 1 fully saturated rings. The van der Waals surface area contributed by atoms with Crippen molar-refractivity contribution in [1.29, 1.82) is 0 Å². The first kappa shape index (κ1) is 10.0. The highest BCUT2D eigenvalue weighted by molar-refractivity contribution is 5.87. The van der Waals surface area contributed by atoms with Crippen molar-refractivity contribution in [2.75, 3.05) is 6.54 Å². The smallest absolute Gasteiger partial charge is 0.241 e. The zero-order chi connectivity index (χ0) is 11.0. The van der Waals surface area contributed by atoms with Crippen LogP contribution in [-0.2, 0) is 11.3 Å². The van der Waals surface area contributed by atoms with Crippen molar-refractivity contribution < 1.29 is 13.6 Å². The lowest BCUT2D eigenvalue weighted by molar-refractivity contribution is -0.143. The van der Waals surface area contributed by atoms with Crippen LogP contribution < -0.4 is 5.73 Å². The Kier molecular flexibility index (Phi) is 2.40. The average Bonchev–Trinajstić information content (AvgIpc) is 2.20. The van der Waals surface area contributed by atoms with E-state index in [4.69, 9.17) is 5.73 Å². The van der Waals surface area contributed by atoms with Crippen LogP contribution >= 0.6 is 0 Å². The van der Waals surface area contributed by atoms with Crippen LogP contribution in [0, 0.1) is 11.6 Å². The predicted octanol–water partition coefficient (Wildman–Crippen LogP) is 0.634. The van der Waals surface area contributed by atoms with Gasteiger partial charge in [-0.3, -0.25) is 4.79 Å². The summed E-state index contributed by atoms with van der Waals surface area (Å²) in [6, 6.07) is 2.85. The standard InChI is InChI=1S/C10H10F2N2O/c11-7-2-1-6(8(12)3-7)4-14-5-9(13)10(14)15/h1-3,9H,4-5,13H2. The summed E-state index contributed by atoms with van der Waals surface area (Å²) in [6.45, 7) is 0.578. The number of hydrogen-bond donors (Lipinski definition) is 1. The third-order valence-corrected chi connectivity index (χ3v) is 2.42. The highest BCUT2D eigenvalue weighted by atomic mass is 19.1. The monoisotopic (exact) mass is 212 g/mol. The fourth-order valence-electron chi connectivity index (χ4n) is 1.53. The van der Waals surface area contributed by atoms with Crippen molar-refractivity contribution in [2.24, 2.45) is 5.73 Å². The molecule has 2 rings (SSSR count). The van der Waals surface area contributed by atoms with E-state index in [0.29, 0.717) is 12.1 Å². The van der Waals surface area contributed by atoms with Crippen LogP contribution in [-0.4, -0.2) is 23.4 Å². The van der Waals surface area contributed by atoms with Gasteiger partial charge in [-0.2, -0.15) is 0 Å². The Balaban J connectivity index is 2.09. The third kappa shape index (κ3) is 1.83. The summed E-state index contributed by atoms with van der Waals surface area (Å²) in [7, 11) is 0. The summed E-state index contributed by atoms with van der Waals surface area (Å²) in [5.74, 6) is -1.45. The second kappa shape index (κ2) is 3.58. The van der Waals surface area contributed by atoms with Crippen LogP contribution in [0.15, 0.2) is 18.2 Å². The number of likely N-dealkylation sites (tertiary alicyclic amines) is 1. The number of β-lactam (4-membered cyclic amide) rings is 1. The van der Waals surface area contributed by atoms with E-state index in [2.05, 4.69) is 0 Å². The Hall–Kier alpha value is -1.49. The van der Waals surface area contributed by atoms with E-state index >= 15 is 0 Å². The Morgan fingerprint density at radius 1 is 1.47 bits per heavy atom. The average molecular weight is 212 g/mol. The maximum atomic E-state index is 13.2. The molecule has 0 aliphatic carbocycles. The van der Waals surface area contributed by atoms with Crippen LogP contribution in [0.3, 0.4) is 0 Å². The summed E-state index contributed by atoms with van der Waals surface area (Å²) in [6.07, 6.45) is 0. The fraction of sp³-hybridized carbons (Fsp3) is 0.300. The Bertz CT molecular complexity index is 408. The van der Waals surface area contributed by atoms with Crippen LogP contribution in [0.4, 0.5) is 8.78 Å². The normalized spacial score (nSPS) is 20.3. The molecule has 1 saturated heterocycles. The van der Waals surface area contributed by atoms with Crippen molar-refractivity contribution in [3.05, 3.63) is 35.4 Å². The molecule has 0 spiro atoms. The number of amides is 1. The number of carbonyl (C=O) groups excluding carboxylic acids is 1. The summed E-state index contributed by atoms with van der Waals surface area (Å²) < 4.78 is 25.8. The molecule has 0 aromatic heterocycles. The van der Waals surface area contributed by atoms with E-state index in [1.165, 1.54) is 17.0 Å². The van der Waals surface area contributed by atoms with Crippen LogP contribution in [0.5, 0.6) is 0 Å². The number of nitrogens with zero attached hydrogens (tertiary/aromatic N) is 1. The molecule has 5 heteroatoms. The zero-order valence-corrected chi connectivity index (χ0v) is 7.91. The van der Waals surface area contributed by atoms with Crippen LogP contribution in [0.1, 0.15) is 5.56 Å². The van der Waals surface area contributed by atoms with Gasteiger partial charge in [-0.05, 0) is 6.07 Å². The SMILES string of the molecule is NC1CN(Cc2ccc(F)cc2F)C1=O. The minimum Gasteiger partial charge on any atom is -0.335 e. The molecule has 0 radical (unpaired) electrons. The van der Waals surface area contributed by atoms with Crippen molar-refractivity contribution >= 4 is 5.91 Å². The number of halogens is 2. The summed E-state index contributed by atoms with van der Waals surface area (Å²) in [5.41, 5.74) is 5.69. The quantitative estimate of drug-likeness (QED) is 0.731. The van der Waals surface area contributed by atoms with E-state index in [9.17, 15) is 13.6 Å². The molecule has 3 nitrogen and oxygen atoms in total. The molecule has 1 aliphatic heterocycles. The van der Waals surface area contributed by atoms with Gasteiger partial charge in [0.15, 0.2) is 0 Å². The first-order chi connectivity index (χ1) is 7.08. The third-order valence-electron chi connectivity index (χ3n) is 2.42. The highest BCUT2D eigenvalue weighted by Gasteiger charge is 2.33. The van der Waals surface area contributed by atoms with Gasteiger partial charge in [0.2, 0.25) is 5.91 Å².